The lowest BCUT2D eigenvalue weighted by atomic mass is 10.1. The molecule has 0 aliphatic heterocycles. The molecule has 0 spiro atoms. The van der Waals surface area contributed by atoms with Gasteiger partial charge in [-0.05, 0) is 43.5 Å². The van der Waals surface area contributed by atoms with Gasteiger partial charge in [0.05, 0.1) is 5.56 Å². The molecule has 0 atom stereocenters. The van der Waals surface area contributed by atoms with Crippen molar-refractivity contribution in [2.75, 3.05) is 6.54 Å². The van der Waals surface area contributed by atoms with Crippen LogP contribution in [-0.4, -0.2) is 17.6 Å². The first kappa shape index (κ1) is 13.0. The molecule has 1 aromatic carbocycles. The van der Waals surface area contributed by atoms with Crippen LogP contribution in [-0.2, 0) is 6.54 Å². The molecule has 1 aromatic rings. The van der Waals surface area contributed by atoms with Crippen LogP contribution in [0.2, 0.25) is 0 Å². The zero-order chi connectivity index (χ0) is 13.0. The van der Waals surface area contributed by atoms with Gasteiger partial charge in [-0.25, -0.2) is 9.18 Å². The number of rotatable bonds is 7. The molecule has 98 valence electrons. The molecule has 0 unspecified atom stereocenters. The molecule has 0 bridgehead atoms. The normalized spacial score (nSPS) is 14.7. The zero-order valence-corrected chi connectivity index (χ0v) is 10.3. The van der Waals surface area contributed by atoms with Crippen molar-refractivity contribution < 1.29 is 14.3 Å². The van der Waals surface area contributed by atoms with E-state index in [-0.39, 0.29) is 11.4 Å². The van der Waals surface area contributed by atoms with E-state index in [1.165, 1.54) is 37.5 Å². The van der Waals surface area contributed by atoms with Crippen molar-refractivity contribution in [2.24, 2.45) is 5.92 Å². The number of halogens is 1. The van der Waals surface area contributed by atoms with Crippen LogP contribution in [0.3, 0.4) is 0 Å². The minimum atomic E-state index is -1.02. The summed E-state index contributed by atoms with van der Waals surface area (Å²) in [5, 5.41) is 12.0. The van der Waals surface area contributed by atoms with E-state index in [1.807, 2.05) is 0 Å². The third kappa shape index (κ3) is 3.81. The lowest BCUT2D eigenvalue weighted by Crippen LogP contribution is -2.16. The molecule has 3 nitrogen and oxygen atoms in total. The molecule has 18 heavy (non-hydrogen) atoms. The molecule has 1 fully saturated rings. The fourth-order valence-corrected chi connectivity index (χ4v) is 1.99. The van der Waals surface area contributed by atoms with Gasteiger partial charge in [0.2, 0.25) is 0 Å². The van der Waals surface area contributed by atoms with Crippen molar-refractivity contribution in [3.8, 4) is 0 Å². The van der Waals surface area contributed by atoms with E-state index in [2.05, 4.69) is 5.32 Å². The van der Waals surface area contributed by atoms with Gasteiger partial charge in [0.15, 0.2) is 0 Å². The van der Waals surface area contributed by atoms with Crippen LogP contribution < -0.4 is 5.32 Å². The van der Waals surface area contributed by atoms with Crippen LogP contribution in [0.15, 0.2) is 18.2 Å². The summed E-state index contributed by atoms with van der Waals surface area (Å²) in [6.07, 6.45) is 5.06. The minimum absolute atomic E-state index is 0.131. The summed E-state index contributed by atoms with van der Waals surface area (Å²) in [6.45, 7) is 1.24. The first-order chi connectivity index (χ1) is 8.66. The minimum Gasteiger partial charge on any atom is -0.478 e. The average Bonchev–Trinajstić information content (AvgIpc) is 3.14. The smallest absolute Gasteiger partial charge is 0.335 e. The summed E-state index contributed by atoms with van der Waals surface area (Å²) < 4.78 is 13.4. The Bertz CT molecular complexity index is 430. The second-order valence-corrected chi connectivity index (χ2v) is 4.87. The van der Waals surface area contributed by atoms with Crippen molar-refractivity contribution in [2.45, 2.75) is 32.2 Å². The van der Waals surface area contributed by atoms with Gasteiger partial charge in [-0.2, -0.15) is 0 Å². The summed E-state index contributed by atoms with van der Waals surface area (Å²) in [5.41, 5.74) is 0.549. The second kappa shape index (κ2) is 5.96. The average molecular weight is 251 g/mol. The lowest BCUT2D eigenvalue weighted by molar-refractivity contribution is 0.0696. The maximum atomic E-state index is 13.4. The lowest BCUT2D eigenvalue weighted by Gasteiger charge is -2.07. The van der Waals surface area contributed by atoms with Gasteiger partial charge in [0, 0.05) is 12.1 Å². The zero-order valence-electron chi connectivity index (χ0n) is 10.3. The second-order valence-electron chi connectivity index (χ2n) is 4.87. The molecule has 1 aliphatic carbocycles. The number of carboxylic acids is 1. The Morgan fingerprint density at radius 1 is 1.44 bits per heavy atom. The van der Waals surface area contributed by atoms with Crippen LogP contribution in [0.25, 0.3) is 0 Å². The Morgan fingerprint density at radius 2 is 2.22 bits per heavy atom. The topological polar surface area (TPSA) is 49.3 Å². The van der Waals surface area contributed by atoms with E-state index in [0.717, 1.165) is 18.9 Å². The number of nitrogens with one attached hydrogen (secondary N) is 1. The predicted molar refractivity (Wildman–Crippen MR) is 67.0 cm³/mol. The van der Waals surface area contributed by atoms with E-state index in [0.29, 0.717) is 12.1 Å². The predicted octanol–water partition coefficient (Wildman–Crippen LogP) is 2.80. The van der Waals surface area contributed by atoms with E-state index in [4.69, 9.17) is 5.11 Å². The molecule has 4 heteroatoms. The molecular formula is C14H18FNO2. The first-order valence-electron chi connectivity index (χ1n) is 6.39. The fraction of sp³-hybridized carbons (Fsp3) is 0.500. The highest BCUT2D eigenvalue weighted by Gasteiger charge is 2.19. The van der Waals surface area contributed by atoms with Gasteiger partial charge in [0.25, 0.3) is 0 Å². The van der Waals surface area contributed by atoms with Gasteiger partial charge < -0.3 is 10.4 Å². The largest absolute Gasteiger partial charge is 0.478 e. The van der Waals surface area contributed by atoms with Gasteiger partial charge in [-0.15, -0.1) is 0 Å². The van der Waals surface area contributed by atoms with Crippen LogP contribution in [0.5, 0.6) is 0 Å². The molecule has 1 aliphatic rings. The Hall–Kier alpha value is -1.42. The molecular weight excluding hydrogens is 233 g/mol. The van der Waals surface area contributed by atoms with Crippen molar-refractivity contribution in [3.05, 3.63) is 35.1 Å². The third-order valence-electron chi connectivity index (χ3n) is 3.27. The van der Waals surface area contributed by atoms with E-state index >= 15 is 0 Å². The maximum Gasteiger partial charge on any atom is 0.335 e. The van der Waals surface area contributed by atoms with Crippen molar-refractivity contribution >= 4 is 5.97 Å². The number of aromatic carboxylic acids is 1. The molecule has 0 amide bonds. The molecule has 2 rings (SSSR count). The van der Waals surface area contributed by atoms with E-state index < -0.39 is 5.97 Å². The Balaban J connectivity index is 1.79. The highest BCUT2D eigenvalue weighted by atomic mass is 19.1. The van der Waals surface area contributed by atoms with Crippen molar-refractivity contribution in [1.29, 1.82) is 0 Å². The molecule has 0 saturated heterocycles. The van der Waals surface area contributed by atoms with Crippen LogP contribution >= 0.6 is 0 Å². The summed E-state index contributed by atoms with van der Waals surface area (Å²) in [5.74, 6) is -0.460. The third-order valence-corrected chi connectivity index (χ3v) is 3.27. The van der Waals surface area contributed by atoms with E-state index in [1.54, 1.807) is 0 Å². The highest BCUT2D eigenvalue weighted by molar-refractivity contribution is 5.87. The molecule has 0 radical (unpaired) electrons. The van der Waals surface area contributed by atoms with E-state index in [9.17, 15) is 9.18 Å². The van der Waals surface area contributed by atoms with Crippen LogP contribution in [0, 0.1) is 11.7 Å². The Morgan fingerprint density at radius 3 is 2.89 bits per heavy atom. The fourth-order valence-electron chi connectivity index (χ4n) is 1.99. The van der Waals surface area contributed by atoms with Gasteiger partial charge in [-0.1, -0.05) is 12.8 Å². The quantitative estimate of drug-likeness (QED) is 0.733. The Labute approximate surface area is 106 Å². The van der Waals surface area contributed by atoms with Crippen molar-refractivity contribution in [3.63, 3.8) is 0 Å². The SMILES string of the molecule is O=C(O)c1ccc(F)c(CNCCCC2CC2)c1. The number of carbonyl (C=O) groups is 1. The number of hydrogen-bond donors (Lipinski definition) is 2. The summed E-state index contributed by atoms with van der Waals surface area (Å²) in [7, 11) is 0. The van der Waals surface area contributed by atoms with Gasteiger partial charge in [-0.3, -0.25) is 0 Å². The number of benzene rings is 1. The monoisotopic (exact) mass is 251 g/mol. The van der Waals surface area contributed by atoms with Gasteiger partial charge in [0.1, 0.15) is 5.82 Å². The number of hydrogen-bond acceptors (Lipinski definition) is 2. The summed E-state index contributed by atoms with van der Waals surface area (Å²) in [4.78, 5) is 10.8. The number of carboxylic acid groups (broad SMARTS) is 1. The van der Waals surface area contributed by atoms with Crippen molar-refractivity contribution in [1.82, 2.24) is 5.32 Å². The van der Waals surface area contributed by atoms with Crippen LogP contribution in [0.4, 0.5) is 4.39 Å². The molecule has 0 heterocycles. The summed E-state index contributed by atoms with van der Waals surface area (Å²) >= 11 is 0. The highest BCUT2D eigenvalue weighted by Crippen LogP contribution is 2.33. The first-order valence-corrected chi connectivity index (χ1v) is 6.39. The standard InChI is InChI=1S/C14H18FNO2/c15-13-6-5-11(14(17)18)8-12(13)9-16-7-1-2-10-3-4-10/h5-6,8,10,16H,1-4,7,9H2,(H,17,18). The molecule has 1 saturated carbocycles. The molecule has 0 aromatic heterocycles. The molecule has 2 N–H and O–H groups in total. The maximum absolute atomic E-state index is 13.4. The van der Waals surface area contributed by atoms with Gasteiger partial charge >= 0.3 is 5.97 Å². The summed E-state index contributed by atoms with van der Waals surface area (Å²) in [6, 6.07) is 3.89. The van der Waals surface area contributed by atoms with Crippen LogP contribution in [0.1, 0.15) is 41.6 Å². The Kier molecular flexibility index (Phi) is 4.31.